The molecule has 0 bridgehead atoms. The molecular weight excluding hydrogens is 286 g/mol. The van der Waals surface area contributed by atoms with Gasteiger partial charge >= 0.3 is 0 Å². The molecule has 5 nitrogen and oxygen atoms in total. The van der Waals surface area contributed by atoms with Gasteiger partial charge in [0, 0.05) is 7.11 Å². The highest BCUT2D eigenvalue weighted by molar-refractivity contribution is 7.19. The van der Waals surface area contributed by atoms with Gasteiger partial charge in [-0.05, 0) is 31.4 Å². The number of thiophene rings is 1. The molecule has 1 aliphatic rings. The summed E-state index contributed by atoms with van der Waals surface area (Å²) in [6, 6.07) is 1.93. The number of aryl methyl sites for hydroxylation is 1. The molecule has 114 valence electrons. The van der Waals surface area contributed by atoms with E-state index in [1.165, 1.54) is 24.2 Å². The molecule has 21 heavy (non-hydrogen) atoms. The topological polar surface area (TPSA) is 74.2 Å². The van der Waals surface area contributed by atoms with Crippen LogP contribution < -0.4 is 5.73 Å². The number of nitrogens with two attached hydrogens (primary N) is 1. The fourth-order valence-corrected chi connectivity index (χ4v) is 3.90. The van der Waals surface area contributed by atoms with Gasteiger partial charge in [-0.2, -0.15) is 4.98 Å². The molecule has 0 amide bonds. The van der Waals surface area contributed by atoms with Gasteiger partial charge in [0.15, 0.2) is 0 Å². The molecule has 6 heteroatoms. The molecule has 2 aromatic rings. The van der Waals surface area contributed by atoms with E-state index >= 15 is 0 Å². The van der Waals surface area contributed by atoms with Gasteiger partial charge in [-0.1, -0.05) is 30.8 Å². The summed E-state index contributed by atoms with van der Waals surface area (Å²) in [4.78, 5) is 5.57. The summed E-state index contributed by atoms with van der Waals surface area (Å²) in [7, 11) is 1.75. The molecule has 1 saturated carbocycles. The molecular formula is C15H21N3O2S. The first-order valence-corrected chi connectivity index (χ1v) is 8.22. The molecule has 0 aromatic carbocycles. The minimum Gasteiger partial charge on any atom is -0.391 e. The highest BCUT2D eigenvalue weighted by atomic mass is 32.1. The summed E-state index contributed by atoms with van der Waals surface area (Å²) in [5, 5.41) is 4.97. The lowest BCUT2D eigenvalue weighted by atomic mass is 9.93. The Balaban J connectivity index is 1.94. The quantitative estimate of drug-likeness (QED) is 0.871. The number of hydrogen-bond acceptors (Lipinski definition) is 6. The van der Waals surface area contributed by atoms with Crippen molar-refractivity contribution in [3.63, 3.8) is 0 Å². The van der Waals surface area contributed by atoms with Crippen LogP contribution in [0.15, 0.2) is 10.6 Å². The smallest absolute Gasteiger partial charge is 0.268 e. The number of anilines is 1. The van der Waals surface area contributed by atoms with Crippen LogP contribution >= 0.6 is 11.3 Å². The van der Waals surface area contributed by atoms with Crippen LogP contribution in [0.25, 0.3) is 10.8 Å². The standard InChI is InChI=1S/C15H21N3O2S/c1-10-9-11(16)21-12(10)13-17-14(18-20-13)15(19-2)7-5-3-4-6-8-15/h9H,3-8,16H2,1-2H3. The van der Waals surface area contributed by atoms with E-state index in [0.717, 1.165) is 41.1 Å². The van der Waals surface area contributed by atoms with Crippen molar-refractivity contribution in [2.75, 3.05) is 12.8 Å². The Labute approximate surface area is 128 Å². The summed E-state index contributed by atoms with van der Waals surface area (Å²) in [6.07, 6.45) is 6.68. The van der Waals surface area contributed by atoms with Crippen LogP contribution in [-0.2, 0) is 10.3 Å². The number of hydrogen-bond donors (Lipinski definition) is 1. The second-order valence-corrected chi connectivity index (χ2v) is 6.78. The summed E-state index contributed by atoms with van der Waals surface area (Å²) >= 11 is 1.48. The third-order valence-electron chi connectivity index (χ3n) is 4.27. The molecule has 2 aromatic heterocycles. The van der Waals surface area contributed by atoms with E-state index in [2.05, 4.69) is 10.1 Å². The van der Waals surface area contributed by atoms with Crippen molar-refractivity contribution in [1.82, 2.24) is 10.1 Å². The predicted octanol–water partition coefficient (Wildman–Crippen LogP) is 3.88. The van der Waals surface area contributed by atoms with Crippen molar-refractivity contribution in [2.24, 2.45) is 0 Å². The number of aromatic nitrogens is 2. The summed E-state index contributed by atoms with van der Waals surface area (Å²) in [6.45, 7) is 2.00. The Hall–Kier alpha value is -1.40. The molecule has 3 rings (SSSR count). The lowest BCUT2D eigenvalue weighted by molar-refractivity contribution is -0.0365. The maximum atomic E-state index is 5.84. The van der Waals surface area contributed by atoms with Crippen LogP contribution in [0.2, 0.25) is 0 Å². The van der Waals surface area contributed by atoms with Crippen LogP contribution in [0.4, 0.5) is 5.00 Å². The van der Waals surface area contributed by atoms with Gasteiger partial charge in [0.25, 0.3) is 5.89 Å². The largest absolute Gasteiger partial charge is 0.391 e. The average Bonchev–Trinajstić information content (AvgIpc) is 2.99. The van der Waals surface area contributed by atoms with Crippen molar-refractivity contribution < 1.29 is 9.26 Å². The van der Waals surface area contributed by atoms with Gasteiger partial charge in [0.05, 0.1) is 9.88 Å². The van der Waals surface area contributed by atoms with Gasteiger partial charge in [-0.15, -0.1) is 11.3 Å². The first-order chi connectivity index (χ1) is 10.1. The highest BCUT2D eigenvalue weighted by Gasteiger charge is 2.37. The van der Waals surface area contributed by atoms with E-state index in [-0.39, 0.29) is 0 Å². The van der Waals surface area contributed by atoms with Crippen molar-refractivity contribution in [2.45, 2.75) is 51.0 Å². The summed E-state index contributed by atoms with van der Waals surface area (Å²) in [5.74, 6) is 1.22. The normalized spacial score (nSPS) is 18.6. The lowest BCUT2D eigenvalue weighted by Gasteiger charge is -2.27. The van der Waals surface area contributed by atoms with Crippen molar-refractivity contribution in [3.8, 4) is 10.8 Å². The van der Waals surface area contributed by atoms with E-state index in [9.17, 15) is 0 Å². The Morgan fingerprint density at radius 1 is 1.29 bits per heavy atom. The third kappa shape index (κ3) is 2.70. The fraction of sp³-hybridized carbons (Fsp3) is 0.600. The van der Waals surface area contributed by atoms with Crippen LogP contribution in [0.1, 0.15) is 49.9 Å². The summed E-state index contributed by atoms with van der Waals surface area (Å²) in [5.41, 5.74) is 6.52. The number of ether oxygens (including phenoxy) is 1. The molecule has 0 unspecified atom stereocenters. The zero-order valence-electron chi connectivity index (χ0n) is 12.5. The zero-order valence-corrected chi connectivity index (χ0v) is 13.3. The Morgan fingerprint density at radius 2 is 2.00 bits per heavy atom. The van der Waals surface area contributed by atoms with Crippen molar-refractivity contribution in [1.29, 1.82) is 0 Å². The van der Waals surface area contributed by atoms with Gasteiger partial charge in [-0.3, -0.25) is 0 Å². The highest BCUT2D eigenvalue weighted by Crippen LogP contribution is 2.39. The van der Waals surface area contributed by atoms with Gasteiger partial charge in [0.2, 0.25) is 5.82 Å². The lowest BCUT2D eigenvalue weighted by Crippen LogP contribution is -2.29. The average molecular weight is 307 g/mol. The maximum Gasteiger partial charge on any atom is 0.268 e. The fourth-order valence-electron chi connectivity index (χ4n) is 3.04. The van der Waals surface area contributed by atoms with Gasteiger partial charge in [-0.25, -0.2) is 0 Å². The minimum absolute atomic E-state index is 0.394. The molecule has 0 radical (unpaired) electrons. The van der Waals surface area contributed by atoms with E-state index < -0.39 is 5.60 Å². The first kappa shape index (κ1) is 14.5. The molecule has 0 atom stereocenters. The molecule has 2 N–H and O–H groups in total. The second-order valence-electron chi connectivity index (χ2n) is 5.70. The van der Waals surface area contributed by atoms with E-state index in [1.807, 2.05) is 13.0 Å². The molecule has 0 saturated heterocycles. The molecule has 0 aliphatic heterocycles. The van der Waals surface area contributed by atoms with Gasteiger partial charge < -0.3 is 15.0 Å². The molecule has 1 aliphatic carbocycles. The SMILES string of the molecule is COC1(c2noc(-c3sc(N)cc3C)n2)CCCCCC1. The van der Waals surface area contributed by atoms with Crippen LogP contribution in [0, 0.1) is 6.92 Å². The monoisotopic (exact) mass is 307 g/mol. The maximum absolute atomic E-state index is 5.84. The van der Waals surface area contributed by atoms with E-state index in [1.54, 1.807) is 7.11 Å². The molecule has 2 heterocycles. The molecule has 1 fully saturated rings. The van der Waals surface area contributed by atoms with Crippen molar-refractivity contribution >= 4 is 16.3 Å². The third-order valence-corrected chi connectivity index (χ3v) is 5.32. The summed E-state index contributed by atoms with van der Waals surface area (Å²) < 4.78 is 11.3. The number of rotatable bonds is 3. The number of nitrogens with zero attached hydrogens (tertiary/aromatic N) is 2. The van der Waals surface area contributed by atoms with Crippen LogP contribution in [0.3, 0.4) is 0 Å². The predicted molar refractivity (Wildman–Crippen MR) is 83.1 cm³/mol. The Kier molecular flexibility index (Phi) is 3.99. The molecule has 0 spiro atoms. The Morgan fingerprint density at radius 3 is 2.57 bits per heavy atom. The second kappa shape index (κ2) is 5.77. The van der Waals surface area contributed by atoms with E-state index in [4.69, 9.17) is 15.0 Å². The minimum atomic E-state index is -0.394. The van der Waals surface area contributed by atoms with Crippen LogP contribution in [-0.4, -0.2) is 17.3 Å². The van der Waals surface area contributed by atoms with Crippen molar-refractivity contribution in [3.05, 3.63) is 17.5 Å². The Bertz CT molecular complexity index is 612. The zero-order chi connectivity index (χ0) is 14.9. The van der Waals surface area contributed by atoms with E-state index in [0.29, 0.717) is 11.7 Å². The van der Waals surface area contributed by atoms with Crippen LogP contribution in [0.5, 0.6) is 0 Å². The number of nitrogen functional groups attached to an aromatic ring is 1. The number of methoxy groups -OCH3 is 1. The van der Waals surface area contributed by atoms with Gasteiger partial charge in [0.1, 0.15) is 5.60 Å². The first-order valence-electron chi connectivity index (χ1n) is 7.40.